The zero-order chi connectivity index (χ0) is 33.8. The molecule has 5 nitrogen and oxygen atoms in total. The van der Waals surface area contributed by atoms with Gasteiger partial charge in [0.15, 0.2) is 0 Å². The van der Waals surface area contributed by atoms with Crippen LogP contribution in [0, 0.1) is 0 Å². The molecular weight excluding hydrogens is 630 g/mol. The number of halogens is 6. The van der Waals surface area contributed by atoms with Crippen LogP contribution in [-0.2, 0) is 12.4 Å². The monoisotopic (exact) mass is 656 g/mol. The molecule has 0 aliphatic heterocycles. The Morgan fingerprint density at radius 1 is 0.688 bits per heavy atom. The Morgan fingerprint density at radius 3 is 2.10 bits per heavy atom. The van der Waals surface area contributed by atoms with Gasteiger partial charge in [-0.2, -0.15) is 31.4 Å². The second-order valence-electron chi connectivity index (χ2n) is 11.6. The molecule has 0 unspecified atom stereocenters. The first-order valence-electron chi connectivity index (χ1n) is 15.0. The normalized spacial score (nSPS) is 12.4. The van der Waals surface area contributed by atoms with E-state index >= 15 is 0 Å². The third kappa shape index (κ3) is 5.65. The standard InChI is InChI=1S/C37H26F6N4O/c1-22(2)23-15-16-44-34(17-23)47-32-12-4-3-9-28(32)29-14-13-27(19-33(29)47)48-26-8-5-7-25(18-26)46-21-24(20-45-46)35-30(36(38,39)40)10-6-11-31(35)37(41,42)43/h3-22H,1-2H3. The highest BCUT2D eigenvalue weighted by molar-refractivity contribution is 6.09. The molecule has 0 aliphatic carbocycles. The van der Waals surface area contributed by atoms with Gasteiger partial charge in [0.25, 0.3) is 0 Å². The van der Waals surface area contributed by atoms with Crippen LogP contribution in [0.1, 0.15) is 36.5 Å². The van der Waals surface area contributed by atoms with Crippen LogP contribution in [0.2, 0.25) is 0 Å². The van der Waals surface area contributed by atoms with E-state index in [1.165, 1.54) is 4.68 Å². The Labute approximate surface area is 270 Å². The Balaban J connectivity index is 1.26. The predicted octanol–water partition coefficient (Wildman–Crippen LogP) is 11.0. The lowest BCUT2D eigenvalue weighted by atomic mass is 9.95. The third-order valence-electron chi connectivity index (χ3n) is 8.17. The maximum absolute atomic E-state index is 13.8. The van der Waals surface area contributed by atoms with Crippen molar-refractivity contribution in [3.8, 4) is 34.1 Å². The Bertz CT molecular complexity index is 2270. The highest BCUT2D eigenvalue weighted by Gasteiger charge is 2.41. The Morgan fingerprint density at radius 2 is 1.38 bits per heavy atom. The first-order valence-corrected chi connectivity index (χ1v) is 15.0. The van der Waals surface area contributed by atoms with E-state index in [4.69, 9.17) is 4.74 Å². The molecule has 7 aromatic rings. The van der Waals surface area contributed by atoms with Crippen molar-refractivity contribution < 1.29 is 31.1 Å². The lowest BCUT2D eigenvalue weighted by molar-refractivity contribution is -0.142. The van der Waals surface area contributed by atoms with Crippen LogP contribution in [0.3, 0.4) is 0 Å². The van der Waals surface area contributed by atoms with Gasteiger partial charge in [-0.15, -0.1) is 0 Å². The summed E-state index contributed by atoms with van der Waals surface area (Å²) in [5.41, 5.74) is -0.715. The minimum atomic E-state index is -5.01. The van der Waals surface area contributed by atoms with Gasteiger partial charge >= 0.3 is 12.4 Å². The van der Waals surface area contributed by atoms with E-state index in [1.807, 2.05) is 48.5 Å². The molecule has 0 atom stereocenters. The van der Waals surface area contributed by atoms with Crippen molar-refractivity contribution in [1.82, 2.24) is 19.3 Å². The van der Waals surface area contributed by atoms with Gasteiger partial charge in [-0.25, -0.2) is 9.67 Å². The van der Waals surface area contributed by atoms with Gasteiger partial charge in [-0.05, 0) is 66.1 Å². The maximum Gasteiger partial charge on any atom is 0.417 e. The number of aromatic nitrogens is 4. The van der Waals surface area contributed by atoms with Crippen molar-refractivity contribution in [2.45, 2.75) is 32.1 Å². The van der Waals surface area contributed by atoms with E-state index in [2.05, 4.69) is 34.6 Å². The predicted molar refractivity (Wildman–Crippen MR) is 172 cm³/mol. The average Bonchev–Trinajstić information content (AvgIpc) is 3.67. The summed E-state index contributed by atoms with van der Waals surface area (Å²) in [7, 11) is 0. The van der Waals surface area contributed by atoms with Crippen LogP contribution in [0.15, 0.2) is 116 Å². The van der Waals surface area contributed by atoms with Gasteiger partial charge in [0.05, 0.1) is 34.0 Å². The summed E-state index contributed by atoms with van der Waals surface area (Å²) in [6.45, 7) is 4.24. The molecule has 242 valence electrons. The molecule has 3 heterocycles. The molecule has 48 heavy (non-hydrogen) atoms. The van der Waals surface area contributed by atoms with Crippen LogP contribution < -0.4 is 4.74 Å². The summed E-state index contributed by atoms with van der Waals surface area (Å²) in [5, 5.41) is 6.16. The zero-order valence-corrected chi connectivity index (χ0v) is 25.5. The van der Waals surface area contributed by atoms with E-state index in [0.717, 1.165) is 51.6 Å². The van der Waals surface area contributed by atoms with E-state index in [9.17, 15) is 26.3 Å². The quantitative estimate of drug-likeness (QED) is 0.167. The number of fused-ring (bicyclic) bond motifs is 3. The van der Waals surface area contributed by atoms with Gasteiger partial charge in [0.1, 0.15) is 17.3 Å². The summed E-state index contributed by atoms with van der Waals surface area (Å²) in [4.78, 5) is 4.67. The summed E-state index contributed by atoms with van der Waals surface area (Å²) < 4.78 is 92.4. The highest BCUT2D eigenvalue weighted by Crippen LogP contribution is 2.44. The Hall–Kier alpha value is -5.58. The van der Waals surface area contributed by atoms with E-state index in [0.29, 0.717) is 35.2 Å². The summed E-state index contributed by atoms with van der Waals surface area (Å²) in [6, 6.07) is 26.4. The van der Waals surface area contributed by atoms with Crippen LogP contribution in [-0.4, -0.2) is 19.3 Å². The summed E-state index contributed by atoms with van der Waals surface area (Å²) in [6.07, 6.45) is -6.09. The van der Waals surface area contributed by atoms with Gasteiger partial charge in [0.2, 0.25) is 0 Å². The molecule has 11 heteroatoms. The molecular formula is C37H26F6N4O. The van der Waals surface area contributed by atoms with Crippen molar-refractivity contribution in [3.05, 3.63) is 132 Å². The fourth-order valence-electron chi connectivity index (χ4n) is 5.93. The van der Waals surface area contributed by atoms with Crippen molar-refractivity contribution in [2.24, 2.45) is 0 Å². The topological polar surface area (TPSA) is 44.9 Å². The largest absolute Gasteiger partial charge is 0.457 e. The molecule has 0 amide bonds. The number of hydrogen-bond donors (Lipinski definition) is 0. The average molecular weight is 657 g/mol. The zero-order valence-electron chi connectivity index (χ0n) is 25.5. The molecule has 0 N–H and O–H groups in total. The lowest BCUT2D eigenvalue weighted by Crippen LogP contribution is -2.13. The molecule has 4 aromatic carbocycles. The van der Waals surface area contributed by atoms with Crippen molar-refractivity contribution in [2.75, 3.05) is 0 Å². The molecule has 0 saturated carbocycles. The van der Waals surface area contributed by atoms with Crippen molar-refractivity contribution >= 4 is 21.8 Å². The number of hydrogen-bond acceptors (Lipinski definition) is 3. The van der Waals surface area contributed by atoms with Crippen LogP contribution in [0.4, 0.5) is 26.3 Å². The Kier molecular flexibility index (Phi) is 7.49. The molecule has 0 saturated heterocycles. The van der Waals surface area contributed by atoms with Crippen LogP contribution in [0.5, 0.6) is 11.5 Å². The van der Waals surface area contributed by atoms with Gasteiger partial charge < -0.3 is 4.74 Å². The molecule has 3 aromatic heterocycles. The van der Waals surface area contributed by atoms with E-state index in [-0.39, 0.29) is 5.56 Å². The maximum atomic E-state index is 13.8. The van der Waals surface area contributed by atoms with Crippen LogP contribution in [0.25, 0.3) is 44.4 Å². The molecule has 0 fully saturated rings. The summed E-state index contributed by atoms with van der Waals surface area (Å²) in [5.74, 6) is 1.97. The molecule has 7 rings (SSSR count). The molecule has 0 bridgehead atoms. The van der Waals surface area contributed by atoms with Gasteiger partial charge in [-0.3, -0.25) is 4.57 Å². The van der Waals surface area contributed by atoms with E-state index in [1.54, 1.807) is 30.5 Å². The van der Waals surface area contributed by atoms with Gasteiger partial charge in [0, 0.05) is 46.4 Å². The number of ether oxygens (including phenoxy) is 1. The summed E-state index contributed by atoms with van der Waals surface area (Å²) >= 11 is 0. The van der Waals surface area contributed by atoms with Crippen molar-refractivity contribution in [3.63, 3.8) is 0 Å². The second kappa shape index (κ2) is 11.6. The lowest BCUT2D eigenvalue weighted by Gasteiger charge is -2.17. The number of alkyl halides is 6. The smallest absolute Gasteiger partial charge is 0.417 e. The fourth-order valence-corrected chi connectivity index (χ4v) is 5.93. The highest BCUT2D eigenvalue weighted by atomic mass is 19.4. The first-order chi connectivity index (χ1) is 22.9. The molecule has 0 radical (unpaired) electrons. The fraction of sp³-hybridized carbons (Fsp3) is 0.135. The van der Waals surface area contributed by atoms with Crippen molar-refractivity contribution in [1.29, 1.82) is 0 Å². The number of para-hydroxylation sites is 1. The number of nitrogens with zero attached hydrogens (tertiary/aromatic N) is 4. The molecule has 0 aliphatic rings. The van der Waals surface area contributed by atoms with Crippen LogP contribution >= 0.6 is 0 Å². The SMILES string of the molecule is CC(C)c1ccnc(-n2c3ccccc3c3ccc(Oc4cccc(-n5cc(-c6c(C(F)(F)F)cccc6C(F)(F)F)cn5)c4)cc32)c1. The number of benzene rings is 4. The van der Waals surface area contributed by atoms with E-state index < -0.39 is 29.0 Å². The van der Waals surface area contributed by atoms with Gasteiger partial charge in [-0.1, -0.05) is 44.2 Å². The number of rotatable bonds is 6. The minimum Gasteiger partial charge on any atom is -0.457 e. The minimum absolute atomic E-state index is 0.308. The molecule has 0 spiro atoms. The third-order valence-corrected chi connectivity index (χ3v) is 8.17. The first kappa shape index (κ1) is 31.0. The number of pyridine rings is 1. The second-order valence-corrected chi connectivity index (χ2v) is 11.6.